The van der Waals surface area contributed by atoms with Crippen LogP contribution >= 0.6 is 0 Å². The molecular formula is C19H21NO4. The Hall–Kier alpha value is -2.66. The van der Waals surface area contributed by atoms with Crippen LogP contribution in [0.3, 0.4) is 0 Å². The number of ether oxygens (including phenoxy) is 1. The molecule has 0 aliphatic carbocycles. The van der Waals surface area contributed by atoms with Crippen LogP contribution in [0.2, 0.25) is 0 Å². The standard InChI is InChI=1S/C19H21NO4/c1-19(2,18(22)23)14-8-10-15(11-9-14)20-17(21)16-7-5-4-6-13(16)12-24-3/h4-11H,12H2,1-3H3,(H,20,21)(H,22,23). The topological polar surface area (TPSA) is 75.6 Å². The monoisotopic (exact) mass is 327 g/mol. The normalized spacial score (nSPS) is 11.1. The lowest BCUT2D eigenvalue weighted by Crippen LogP contribution is -2.28. The Kier molecular flexibility index (Phi) is 5.36. The van der Waals surface area contributed by atoms with Gasteiger partial charge in [0, 0.05) is 18.4 Å². The zero-order valence-electron chi connectivity index (χ0n) is 14.0. The van der Waals surface area contributed by atoms with E-state index in [-0.39, 0.29) is 5.91 Å². The average molecular weight is 327 g/mol. The summed E-state index contributed by atoms with van der Waals surface area (Å²) in [4.78, 5) is 23.7. The quantitative estimate of drug-likeness (QED) is 0.852. The molecule has 2 rings (SSSR count). The van der Waals surface area contributed by atoms with Crippen molar-refractivity contribution < 1.29 is 19.4 Å². The van der Waals surface area contributed by atoms with E-state index in [0.29, 0.717) is 23.4 Å². The lowest BCUT2D eigenvalue weighted by molar-refractivity contribution is -0.142. The summed E-state index contributed by atoms with van der Waals surface area (Å²) in [5, 5.41) is 12.1. The van der Waals surface area contributed by atoms with E-state index >= 15 is 0 Å². The van der Waals surface area contributed by atoms with Crippen LogP contribution in [0.25, 0.3) is 0 Å². The lowest BCUT2D eigenvalue weighted by atomic mass is 9.85. The Bertz CT molecular complexity index is 735. The number of carbonyl (C=O) groups excluding carboxylic acids is 1. The molecule has 0 aliphatic rings. The van der Waals surface area contributed by atoms with Gasteiger partial charge in [-0.3, -0.25) is 9.59 Å². The first kappa shape index (κ1) is 17.7. The Morgan fingerprint density at radius 3 is 2.29 bits per heavy atom. The maximum atomic E-state index is 12.4. The molecule has 0 bridgehead atoms. The number of hydrogen-bond acceptors (Lipinski definition) is 3. The fourth-order valence-corrected chi connectivity index (χ4v) is 2.32. The van der Waals surface area contributed by atoms with Gasteiger partial charge in [-0.15, -0.1) is 0 Å². The maximum Gasteiger partial charge on any atom is 0.313 e. The molecule has 0 saturated heterocycles. The molecule has 0 fully saturated rings. The summed E-state index contributed by atoms with van der Waals surface area (Å²) >= 11 is 0. The Balaban J connectivity index is 2.17. The third-order valence-corrected chi connectivity index (χ3v) is 3.96. The highest BCUT2D eigenvalue weighted by atomic mass is 16.5. The van der Waals surface area contributed by atoms with Crippen LogP contribution in [0.1, 0.15) is 35.3 Å². The summed E-state index contributed by atoms with van der Waals surface area (Å²) in [5.41, 5.74) is 1.66. The maximum absolute atomic E-state index is 12.4. The summed E-state index contributed by atoms with van der Waals surface area (Å²) in [6.07, 6.45) is 0. The third kappa shape index (κ3) is 3.81. The van der Waals surface area contributed by atoms with Crippen LogP contribution in [0.4, 0.5) is 5.69 Å². The van der Waals surface area contributed by atoms with E-state index in [1.54, 1.807) is 57.4 Å². The molecule has 0 unspecified atom stereocenters. The Labute approximate surface area is 141 Å². The van der Waals surface area contributed by atoms with Crippen molar-refractivity contribution in [2.24, 2.45) is 0 Å². The Morgan fingerprint density at radius 2 is 1.71 bits per heavy atom. The number of benzene rings is 2. The van der Waals surface area contributed by atoms with Crippen LogP contribution in [-0.2, 0) is 21.6 Å². The second-order valence-electron chi connectivity index (χ2n) is 6.05. The van der Waals surface area contributed by atoms with E-state index in [1.807, 2.05) is 12.1 Å². The van der Waals surface area contributed by atoms with Gasteiger partial charge < -0.3 is 15.2 Å². The van der Waals surface area contributed by atoms with E-state index in [0.717, 1.165) is 5.56 Å². The zero-order chi connectivity index (χ0) is 17.7. The van der Waals surface area contributed by atoms with Crippen molar-refractivity contribution in [3.63, 3.8) is 0 Å². The summed E-state index contributed by atoms with van der Waals surface area (Å²) < 4.78 is 5.11. The minimum absolute atomic E-state index is 0.229. The smallest absolute Gasteiger partial charge is 0.313 e. The molecule has 5 heteroatoms. The van der Waals surface area contributed by atoms with Gasteiger partial charge in [-0.1, -0.05) is 30.3 Å². The number of rotatable bonds is 6. The zero-order valence-corrected chi connectivity index (χ0v) is 14.0. The van der Waals surface area contributed by atoms with Gasteiger partial charge in [0.15, 0.2) is 0 Å². The molecular weight excluding hydrogens is 306 g/mol. The van der Waals surface area contributed by atoms with Crippen LogP contribution < -0.4 is 5.32 Å². The van der Waals surface area contributed by atoms with Crippen molar-refractivity contribution in [1.82, 2.24) is 0 Å². The fourth-order valence-electron chi connectivity index (χ4n) is 2.32. The van der Waals surface area contributed by atoms with Crippen LogP contribution in [0.5, 0.6) is 0 Å². The van der Waals surface area contributed by atoms with Crippen molar-refractivity contribution in [3.8, 4) is 0 Å². The second-order valence-corrected chi connectivity index (χ2v) is 6.05. The fraction of sp³-hybridized carbons (Fsp3) is 0.263. The molecule has 0 atom stereocenters. The minimum atomic E-state index is -0.979. The molecule has 126 valence electrons. The van der Waals surface area contributed by atoms with Crippen molar-refractivity contribution >= 4 is 17.6 Å². The number of anilines is 1. The van der Waals surface area contributed by atoms with E-state index in [2.05, 4.69) is 5.32 Å². The van der Waals surface area contributed by atoms with Crippen molar-refractivity contribution in [2.75, 3.05) is 12.4 Å². The first-order valence-corrected chi connectivity index (χ1v) is 7.58. The number of aliphatic carboxylic acids is 1. The first-order valence-electron chi connectivity index (χ1n) is 7.58. The van der Waals surface area contributed by atoms with Gasteiger partial charge in [-0.2, -0.15) is 0 Å². The molecule has 2 aromatic rings. The molecule has 0 aromatic heterocycles. The number of hydrogen-bond donors (Lipinski definition) is 2. The molecule has 0 saturated carbocycles. The van der Waals surface area contributed by atoms with Crippen LogP contribution in [0, 0.1) is 0 Å². The van der Waals surface area contributed by atoms with Gasteiger partial charge in [0.2, 0.25) is 0 Å². The highest BCUT2D eigenvalue weighted by Crippen LogP contribution is 2.25. The van der Waals surface area contributed by atoms with E-state index in [1.165, 1.54) is 0 Å². The number of nitrogens with one attached hydrogen (secondary N) is 1. The molecule has 1 amide bonds. The van der Waals surface area contributed by atoms with Crippen molar-refractivity contribution in [2.45, 2.75) is 25.9 Å². The molecule has 0 spiro atoms. The average Bonchev–Trinajstić information content (AvgIpc) is 2.56. The van der Waals surface area contributed by atoms with Gasteiger partial charge in [0.25, 0.3) is 5.91 Å². The second kappa shape index (κ2) is 7.27. The highest BCUT2D eigenvalue weighted by molar-refractivity contribution is 6.05. The van der Waals surface area contributed by atoms with E-state index in [4.69, 9.17) is 4.74 Å². The summed E-state index contributed by atoms with van der Waals surface area (Å²) in [6.45, 7) is 3.64. The first-order chi connectivity index (χ1) is 11.4. The number of methoxy groups -OCH3 is 1. The third-order valence-electron chi connectivity index (χ3n) is 3.96. The number of carbonyl (C=O) groups is 2. The number of amides is 1. The molecule has 2 N–H and O–H groups in total. The lowest BCUT2D eigenvalue weighted by Gasteiger charge is -2.20. The molecule has 5 nitrogen and oxygen atoms in total. The SMILES string of the molecule is COCc1ccccc1C(=O)Nc1ccc(C(C)(C)C(=O)O)cc1. The molecule has 2 aromatic carbocycles. The predicted octanol–water partition coefficient (Wildman–Crippen LogP) is 3.45. The minimum Gasteiger partial charge on any atom is -0.481 e. The molecule has 0 radical (unpaired) electrons. The highest BCUT2D eigenvalue weighted by Gasteiger charge is 2.29. The summed E-state index contributed by atoms with van der Waals surface area (Å²) in [6, 6.07) is 14.1. The van der Waals surface area contributed by atoms with Crippen molar-refractivity contribution in [3.05, 3.63) is 65.2 Å². The summed E-state index contributed by atoms with van der Waals surface area (Å²) in [5.74, 6) is -1.12. The van der Waals surface area contributed by atoms with Crippen molar-refractivity contribution in [1.29, 1.82) is 0 Å². The molecule has 0 aliphatic heterocycles. The predicted molar refractivity (Wildman–Crippen MR) is 92.2 cm³/mol. The van der Waals surface area contributed by atoms with E-state index in [9.17, 15) is 14.7 Å². The largest absolute Gasteiger partial charge is 0.481 e. The number of carboxylic acids is 1. The van der Waals surface area contributed by atoms with Crippen LogP contribution in [0.15, 0.2) is 48.5 Å². The van der Waals surface area contributed by atoms with Gasteiger partial charge >= 0.3 is 5.97 Å². The molecule has 24 heavy (non-hydrogen) atoms. The Morgan fingerprint density at radius 1 is 1.08 bits per heavy atom. The summed E-state index contributed by atoms with van der Waals surface area (Å²) in [7, 11) is 1.58. The number of carboxylic acid groups (broad SMARTS) is 1. The van der Waals surface area contributed by atoms with Crippen LogP contribution in [-0.4, -0.2) is 24.1 Å². The van der Waals surface area contributed by atoms with Gasteiger partial charge in [0.05, 0.1) is 12.0 Å². The van der Waals surface area contributed by atoms with Gasteiger partial charge in [0.1, 0.15) is 0 Å². The van der Waals surface area contributed by atoms with Gasteiger partial charge in [-0.25, -0.2) is 0 Å². The molecule has 0 heterocycles. The van der Waals surface area contributed by atoms with Gasteiger partial charge in [-0.05, 0) is 43.2 Å². The van der Waals surface area contributed by atoms with E-state index < -0.39 is 11.4 Å².